The van der Waals surface area contributed by atoms with Gasteiger partial charge in [-0.25, -0.2) is 0 Å². The van der Waals surface area contributed by atoms with Crippen molar-refractivity contribution >= 4 is 12.4 Å². The molecule has 124 valence electrons. The third-order valence-corrected chi connectivity index (χ3v) is 3.69. The average molecular weight is 327 g/mol. The van der Waals surface area contributed by atoms with Crippen LogP contribution in [0, 0.1) is 6.92 Å². The van der Waals surface area contributed by atoms with Crippen LogP contribution in [0.25, 0.3) is 0 Å². The molecular formula is C17H27ClN2O2. The minimum Gasteiger partial charge on any atom is -0.491 e. The average Bonchev–Trinajstić information content (AvgIpc) is 2.48. The predicted octanol–water partition coefficient (Wildman–Crippen LogP) is 1.79. The lowest BCUT2D eigenvalue weighted by Crippen LogP contribution is -2.47. The highest BCUT2D eigenvalue weighted by atomic mass is 35.5. The minimum absolute atomic E-state index is 0. The molecule has 1 atom stereocenters. The van der Waals surface area contributed by atoms with Gasteiger partial charge in [-0.3, -0.25) is 4.90 Å². The van der Waals surface area contributed by atoms with Gasteiger partial charge in [0, 0.05) is 32.7 Å². The normalized spacial score (nSPS) is 16.6. The van der Waals surface area contributed by atoms with E-state index < -0.39 is 6.10 Å². The second kappa shape index (κ2) is 9.85. The number of rotatable bonds is 7. The fourth-order valence-corrected chi connectivity index (χ4v) is 2.59. The quantitative estimate of drug-likeness (QED) is 0.750. The lowest BCUT2D eigenvalue weighted by Gasteiger charge is -2.29. The molecule has 0 radical (unpaired) electrons. The summed E-state index contributed by atoms with van der Waals surface area (Å²) >= 11 is 0. The SMILES string of the molecule is C=CCc1cc(C)ccc1OCC(O)CN1CCNCC1.Cl. The molecule has 1 saturated heterocycles. The summed E-state index contributed by atoms with van der Waals surface area (Å²) in [5.41, 5.74) is 2.33. The zero-order valence-electron chi connectivity index (χ0n) is 13.3. The smallest absolute Gasteiger partial charge is 0.122 e. The van der Waals surface area contributed by atoms with Crippen LogP contribution >= 0.6 is 12.4 Å². The maximum absolute atomic E-state index is 10.1. The molecule has 2 rings (SSSR count). The molecule has 5 heteroatoms. The van der Waals surface area contributed by atoms with Crippen LogP contribution in [0.2, 0.25) is 0 Å². The van der Waals surface area contributed by atoms with Crippen LogP contribution in [0.15, 0.2) is 30.9 Å². The van der Waals surface area contributed by atoms with Gasteiger partial charge in [0.15, 0.2) is 0 Å². The Kier molecular flexibility index (Phi) is 8.49. The van der Waals surface area contributed by atoms with Crippen molar-refractivity contribution in [2.75, 3.05) is 39.3 Å². The molecule has 4 nitrogen and oxygen atoms in total. The van der Waals surface area contributed by atoms with Crippen molar-refractivity contribution in [2.24, 2.45) is 0 Å². The van der Waals surface area contributed by atoms with E-state index >= 15 is 0 Å². The van der Waals surface area contributed by atoms with Crippen LogP contribution in [0.3, 0.4) is 0 Å². The van der Waals surface area contributed by atoms with Gasteiger partial charge < -0.3 is 15.2 Å². The number of aryl methyl sites for hydroxylation is 1. The molecule has 0 spiro atoms. The summed E-state index contributed by atoms with van der Waals surface area (Å²) < 4.78 is 5.81. The van der Waals surface area contributed by atoms with Gasteiger partial charge in [-0.1, -0.05) is 23.8 Å². The molecule has 0 bridgehead atoms. The Morgan fingerprint density at radius 2 is 2.14 bits per heavy atom. The molecule has 0 aromatic heterocycles. The number of hydrogen-bond donors (Lipinski definition) is 2. The lowest BCUT2D eigenvalue weighted by atomic mass is 10.1. The first-order valence-corrected chi connectivity index (χ1v) is 7.63. The summed E-state index contributed by atoms with van der Waals surface area (Å²) in [5, 5.41) is 13.4. The Balaban J connectivity index is 0.00000242. The first kappa shape index (κ1) is 19.0. The number of allylic oxidation sites excluding steroid dienone is 1. The zero-order valence-corrected chi connectivity index (χ0v) is 14.1. The van der Waals surface area contributed by atoms with Crippen LogP contribution in [-0.2, 0) is 6.42 Å². The van der Waals surface area contributed by atoms with Crippen LogP contribution in [0.1, 0.15) is 11.1 Å². The monoisotopic (exact) mass is 326 g/mol. The Hall–Kier alpha value is -1.07. The highest BCUT2D eigenvalue weighted by Crippen LogP contribution is 2.21. The highest BCUT2D eigenvalue weighted by molar-refractivity contribution is 5.85. The molecule has 2 N–H and O–H groups in total. The van der Waals surface area contributed by atoms with Gasteiger partial charge in [-0.15, -0.1) is 19.0 Å². The number of aliphatic hydroxyl groups excluding tert-OH is 1. The van der Waals surface area contributed by atoms with Crippen LogP contribution < -0.4 is 10.1 Å². The maximum Gasteiger partial charge on any atom is 0.122 e. The topological polar surface area (TPSA) is 44.7 Å². The molecule has 0 saturated carbocycles. The molecule has 1 aromatic carbocycles. The molecule has 1 aromatic rings. The van der Waals surface area contributed by atoms with E-state index in [-0.39, 0.29) is 12.4 Å². The maximum atomic E-state index is 10.1. The Morgan fingerprint density at radius 1 is 1.41 bits per heavy atom. The third-order valence-electron chi connectivity index (χ3n) is 3.69. The van der Waals surface area contributed by atoms with Crippen molar-refractivity contribution in [2.45, 2.75) is 19.4 Å². The first-order chi connectivity index (χ1) is 10.2. The van der Waals surface area contributed by atoms with Gasteiger partial charge in [0.1, 0.15) is 18.5 Å². The van der Waals surface area contributed by atoms with E-state index in [1.165, 1.54) is 5.56 Å². The molecule has 22 heavy (non-hydrogen) atoms. The summed E-state index contributed by atoms with van der Waals surface area (Å²) in [5.74, 6) is 0.847. The fourth-order valence-electron chi connectivity index (χ4n) is 2.59. The van der Waals surface area contributed by atoms with Gasteiger partial charge in [0.25, 0.3) is 0 Å². The number of benzene rings is 1. The molecule has 1 heterocycles. The van der Waals surface area contributed by atoms with Crippen LogP contribution in [0.5, 0.6) is 5.75 Å². The van der Waals surface area contributed by atoms with Crippen molar-refractivity contribution in [1.82, 2.24) is 10.2 Å². The molecular weight excluding hydrogens is 300 g/mol. The fraction of sp³-hybridized carbons (Fsp3) is 0.529. The number of ether oxygens (including phenoxy) is 1. The number of nitrogens with one attached hydrogen (secondary N) is 1. The molecule has 1 aliphatic rings. The Bertz CT molecular complexity index is 462. The lowest BCUT2D eigenvalue weighted by molar-refractivity contribution is 0.0638. The summed E-state index contributed by atoms with van der Waals surface area (Å²) in [6.45, 7) is 10.8. The summed E-state index contributed by atoms with van der Waals surface area (Å²) in [4.78, 5) is 2.27. The molecule has 1 aliphatic heterocycles. The van der Waals surface area contributed by atoms with E-state index in [0.717, 1.165) is 43.9 Å². The van der Waals surface area contributed by atoms with Crippen molar-refractivity contribution < 1.29 is 9.84 Å². The van der Waals surface area contributed by atoms with Crippen LogP contribution in [-0.4, -0.2) is 55.4 Å². The Labute approximate surface area is 139 Å². The molecule has 1 unspecified atom stereocenters. The van der Waals surface area contributed by atoms with E-state index in [0.29, 0.717) is 13.2 Å². The van der Waals surface area contributed by atoms with E-state index in [4.69, 9.17) is 4.74 Å². The number of piperazine rings is 1. The van der Waals surface area contributed by atoms with Crippen molar-refractivity contribution in [3.05, 3.63) is 42.0 Å². The second-order valence-electron chi connectivity index (χ2n) is 5.62. The summed E-state index contributed by atoms with van der Waals surface area (Å²) in [6, 6.07) is 6.12. The van der Waals surface area contributed by atoms with Crippen molar-refractivity contribution in [1.29, 1.82) is 0 Å². The Morgan fingerprint density at radius 3 is 2.82 bits per heavy atom. The van der Waals surface area contributed by atoms with Crippen molar-refractivity contribution in [3.8, 4) is 5.75 Å². The number of β-amino-alcohol motifs (C(OH)–C–C–N with tert-alkyl or cyclic N) is 1. The molecule has 1 fully saturated rings. The summed E-state index contributed by atoms with van der Waals surface area (Å²) in [7, 11) is 0. The predicted molar refractivity (Wildman–Crippen MR) is 93.1 cm³/mol. The molecule has 0 aliphatic carbocycles. The number of aliphatic hydroxyl groups is 1. The van der Waals surface area contributed by atoms with Gasteiger partial charge in [0.05, 0.1) is 0 Å². The summed E-state index contributed by atoms with van der Waals surface area (Å²) in [6.07, 6.45) is 2.20. The van der Waals surface area contributed by atoms with E-state index in [9.17, 15) is 5.11 Å². The van der Waals surface area contributed by atoms with Gasteiger partial charge in [-0.05, 0) is 25.0 Å². The van der Waals surface area contributed by atoms with Crippen molar-refractivity contribution in [3.63, 3.8) is 0 Å². The second-order valence-corrected chi connectivity index (χ2v) is 5.62. The number of hydrogen-bond acceptors (Lipinski definition) is 4. The van der Waals surface area contributed by atoms with Gasteiger partial charge >= 0.3 is 0 Å². The van der Waals surface area contributed by atoms with E-state index in [2.05, 4.69) is 29.8 Å². The van der Waals surface area contributed by atoms with E-state index in [1.807, 2.05) is 18.2 Å². The third kappa shape index (κ3) is 5.97. The highest BCUT2D eigenvalue weighted by Gasteiger charge is 2.15. The van der Waals surface area contributed by atoms with E-state index in [1.54, 1.807) is 0 Å². The van der Waals surface area contributed by atoms with Crippen LogP contribution in [0.4, 0.5) is 0 Å². The zero-order chi connectivity index (χ0) is 15.1. The standard InChI is InChI=1S/C17H26N2O2.ClH/c1-3-4-15-11-14(2)5-6-17(15)21-13-16(20)12-19-9-7-18-8-10-19;/h3,5-6,11,16,18,20H,1,4,7-10,12-13H2,2H3;1H. The largest absolute Gasteiger partial charge is 0.491 e. The number of halogens is 1. The van der Waals surface area contributed by atoms with Gasteiger partial charge in [-0.2, -0.15) is 0 Å². The number of nitrogens with zero attached hydrogens (tertiary/aromatic N) is 1. The molecule has 0 amide bonds. The first-order valence-electron chi connectivity index (χ1n) is 7.63. The van der Waals surface area contributed by atoms with Gasteiger partial charge in [0.2, 0.25) is 0 Å². The minimum atomic E-state index is -0.457.